The fraction of sp³-hybridized carbons (Fsp3) is 0.235. The number of fused-ring (bicyclic) bond motifs is 1. The summed E-state index contributed by atoms with van der Waals surface area (Å²) in [6.07, 6.45) is 0. The molecule has 1 aliphatic heterocycles. The molecule has 0 radical (unpaired) electrons. The molecule has 132 valence electrons. The van der Waals surface area contributed by atoms with Gasteiger partial charge in [-0.3, -0.25) is 9.52 Å². The maximum atomic E-state index is 12.7. The standard InChI is InChI=1S/C17H18N2O4S2/c1-11-10-24-16-8-7-12(9-14(16)18-17(11)20)25(21,22)19-13-5-3-4-6-15(13)23-2/h3-9,11,19H,10H2,1-2H3,(H,18,20). The van der Waals surface area contributed by atoms with Gasteiger partial charge in [0, 0.05) is 16.6 Å². The lowest BCUT2D eigenvalue weighted by Crippen LogP contribution is -2.20. The lowest BCUT2D eigenvalue weighted by Gasteiger charge is -2.13. The Morgan fingerprint density at radius 2 is 2.00 bits per heavy atom. The van der Waals surface area contributed by atoms with Crippen molar-refractivity contribution in [3.8, 4) is 5.75 Å². The number of thioether (sulfide) groups is 1. The van der Waals surface area contributed by atoms with E-state index in [0.29, 0.717) is 22.9 Å². The Kier molecular flexibility index (Phi) is 4.91. The topological polar surface area (TPSA) is 84.5 Å². The number of amides is 1. The van der Waals surface area contributed by atoms with Gasteiger partial charge in [-0.1, -0.05) is 19.1 Å². The zero-order valence-electron chi connectivity index (χ0n) is 13.8. The van der Waals surface area contributed by atoms with E-state index in [1.165, 1.54) is 31.0 Å². The van der Waals surface area contributed by atoms with Crippen LogP contribution in [0.4, 0.5) is 11.4 Å². The van der Waals surface area contributed by atoms with Gasteiger partial charge < -0.3 is 10.1 Å². The lowest BCUT2D eigenvalue weighted by atomic mass is 10.2. The quantitative estimate of drug-likeness (QED) is 0.854. The second-order valence-corrected chi connectivity index (χ2v) is 8.41. The van der Waals surface area contributed by atoms with Crippen molar-refractivity contribution < 1.29 is 17.9 Å². The molecule has 25 heavy (non-hydrogen) atoms. The number of sulfonamides is 1. The van der Waals surface area contributed by atoms with E-state index >= 15 is 0 Å². The normalized spacial score (nSPS) is 17.2. The highest BCUT2D eigenvalue weighted by Crippen LogP contribution is 2.35. The van der Waals surface area contributed by atoms with Crippen LogP contribution in [0.3, 0.4) is 0 Å². The molecule has 0 spiro atoms. The Labute approximate surface area is 151 Å². The van der Waals surface area contributed by atoms with Crippen molar-refractivity contribution in [3.05, 3.63) is 42.5 Å². The number of ether oxygens (including phenoxy) is 1. The monoisotopic (exact) mass is 378 g/mol. The van der Waals surface area contributed by atoms with E-state index in [0.717, 1.165) is 4.90 Å². The molecule has 6 nitrogen and oxygen atoms in total. The molecular weight excluding hydrogens is 360 g/mol. The number of rotatable bonds is 4. The number of anilines is 2. The van der Waals surface area contributed by atoms with Gasteiger partial charge in [0.05, 0.1) is 23.4 Å². The summed E-state index contributed by atoms with van der Waals surface area (Å²) in [6, 6.07) is 11.5. The first-order chi connectivity index (χ1) is 11.9. The molecule has 0 bridgehead atoms. The molecule has 0 saturated carbocycles. The highest BCUT2D eigenvalue weighted by molar-refractivity contribution is 7.99. The Morgan fingerprint density at radius 1 is 1.24 bits per heavy atom. The minimum absolute atomic E-state index is 0.0765. The molecular formula is C17H18N2O4S2. The van der Waals surface area contributed by atoms with Crippen molar-refractivity contribution in [2.24, 2.45) is 5.92 Å². The molecule has 1 amide bonds. The predicted octanol–water partition coefficient (Wildman–Crippen LogP) is 3.18. The zero-order chi connectivity index (χ0) is 18.0. The van der Waals surface area contributed by atoms with E-state index in [1.807, 2.05) is 6.92 Å². The van der Waals surface area contributed by atoms with Crippen LogP contribution in [0.25, 0.3) is 0 Å². The summed E-state index contributed by atoms with van der Waals surface area (Å²) < 4.78 is 33.1. The first-order valence-electron chi connectivity index (χ1n) is 7.64. The highest BCUT2D eigenvalue weighted by Gasteiger charge is 2.23. The third kappa shape index (κ3) is 3.74. The van der Waals surface area contributed by atoms with Gasteiger partial charge in [-0.2, -0.15) is 0 Å². The van der Waals surface area contributed by atoms with Gasteiger partial charge in [0.1, 0.15) is 5.75 Å². The zero-order valence-corrected chi connectivity index (χ0v) is 15.4. The predicted molar refractivity (Wildman–Crippen MR) is 98.8 cm³/mol. The van der Waals surface area contributed by atoms with Crippen molar-refractivity contribution in [1.29, 1.82) is 0 Å². The molecule has 0 aromatic heterocycles. The maximum absolute atomic E-state index is 12.7. The van der Waals surface area contributed by atoms with Crippen LogP contribution in [0.15, 0.2) is 52.3 Å². The van der Waals surface area contributed by atoms with E-state index in [2.05, 4.69) is 10.0 Å². The van der Waals surface area contributed by atoms with E-state index < -0.39 is 10.0 Å². The van der Waals surface area contributed by atoms with Crippen molar-refractivity contribution >= 4 is 39.1 Å². The summed E-state index contributed by atoms with van der Waals surface area (Å²) in [7, 11) is -2.34. The summed E-state index contributed by atoms with van der Waals surface area (Å²) in [5, 5.41) is 2.79. The van der Waals surface area contributed by atoms with Crippen LogP contribution in [-0.4, -0.2) is 27.2 Å². The van der Waals surface area contributed by atoms with Crippen LogP contribution in [0.1, 0.15) is 6.92 Å². The first-order valence-corrected chi connectivity index (χ1v) is 10.1. The molecule has 1 heterocycles. The average molecular weight is 378 g/mol. The highest BCUT2D eigenvalue weighted by atomic mass is 32.2. The first kappa shape index (κ1) is 17.6. The van der Waals surface area contributed by atoms with Crippen LogP contribution in [-0.2, 0) is 14.8 Å². The molecule has 8 heteroatoms. The summed E-state index contributed by atoms with van der Waals surface area (Å²) in [5.41, 5.74) is 0.870. The average Bonchev–Trinajstić information content (AvgIpc) is 2.73. The fourth-order valence-corrected chi connectivity index (χ4v) is 4.49. The smallest absolute Gasteiger partial charge is 0.262 e. The van der Waals surface area contributed by atoms with Crippen LogP contribution < -0.4 is 14.8 Å². The van der Waals surface area contributed by atoms with Gasteiger partial charge in [-0.05, 0) is 30.3 Å². The van der Waals surface area contributed by atoms with E-state index in [-0.39, 0.29) is 16.7 Å². The molecule has 0 aliphatic carbocycles. The van der Waals surface area contributed by atoms with Crippen molar-refractivity contribution in [2.75, 3.05) is 22.9 Å². The number of carbonyl (C=O) groups excluding carboxylic acids is 1. The van der Waals surface area contributed by atoms with Gasteiger partial charge >= 0.3 is 0 Å². The molecule has 0 fully saturated rings. The minimum atomic E-state index is -3.81. The van der Waals surface area contributed by atoms with E-state index in [9.17, 15) is 13.2 Å². The summed E-state index contributed by atoms with van der Waals surface area (Å²) in [5.74, 6) is 0.839. The summed E-state index contributed by atoms with van der Waals surface area (Å²) in [4.78, 5) is 12.9. The number of benzene rings is 2. The summed E-state index contributed by atoms with van der Waals surface area (Å²) >= 11 is 1.53. The summed E-state index contributed by atoms with van der Waals surface area (Å²) in [6.45, 7) is 1.84. The van der Waals surface area contributed by atoms with Gasteiger partial charge in [0.15, 0.2) is 0 Å². The number of methoxy groups -OCH3 is 1. The lowest BCUT2D eigenvalue weighted by molar-refractivity contribution is -0.118. The Balaban J connectivity index is 1.93. The number of nitrogens with one attached hydrogen (secondary N) is 2. The second kappa shape index (κ2) is 6.97. The van der Waals surface area contributed by atoms with Gasteiger partial charge in [0.2, 0.25) is 5.91 Å². The van der Waals surface area contributed by atoms with Crippen LogP contribution in [0.5, 0.6) is 5.75 Å². The molecule has 1 aliphatic rings. The largest absolute Gasteiger partial charge is 0.495 e. The molecule has 2 N–H and O–H groups in total. The molecule has 1 atom stereocenters. The third-order valence-electron chi connectivity index (χ3n) is 3.81. The van der Waals surface area contributed by atoms with E-state index in [1.54, 1.807) is 30.3 Å². The number of hydrogen-bond donors (Lipinski definition) is 2. The fourth-order valence-electron chi connectivity index (χ4n) is 2.38. The third-order valence-corrected chi connectivity index (χ3v) is 6.50. The maximum Gasteiger partial charge on any atom is 0.262 e. The van der Waals surface area contributed by atoms with Crippen LogP contribution in [0, 0.1) is 5.92 Å². The SMILES string of the molecule is COc1ccccc1NS(=O)(=O)c1ccc2c(c1)NC(=O)C(C)CS2. The Hall–Kier alpha value is -2.19. The molecule has 3 rings (SSSR count). The molecule has 2 aromatic rings. The minimum Gasteiger partial charge on any atom is -0.495 e. The van der Waals surface area contributed by atoms with Crippen LogP contribution >= 0.6 is 11.8 Å². The van der Waals surface area contributed by atoms with Gasteiger partial charge in [-0.15, -0.1) is 11.8 Å². The number of para-hydroxylation sites is 2. The van der Waals surface area contributed by atoms with Crippen molar-refractivity contribution in [3.63, 3.8) is 0 Å². The molecule has 2 aromatic carbocycles. The second-order valence-electron chi connectivity index (χ2n) is 5.67. The number of carbonyl (C=O) groups is 1. The Bertz CT molecular complexity index is 913. The molecule has 0 saturated heterocycles. The van der Waals surface area contributed by atoms with Crippen molar-refractivity contribution in [2.45, 2.75) is 16.7 Å². The van der Waals surface area contributed by atoms with Gasteiger partial charge in [-0.25, -0.2) is 8.42 Å². The van der Waals surface area contributed by atoms with E-state index in [4.69, 9.17) is 4.74 Å². The van der Waals surface area contributed by atoms with Crippen molar-refractivity contribution in [1.82, 2.24) is 0 Å². The number of hydrogen-bond acceptors (Lipinski definition) is 5. The van der Waals surface area contributed by atoms with Gasteiger partial charge in [0.25, 0.3) is 10.0 Å². The van der Waals surface area contributed by atoms with Crippen LogP contribution in [0.2, 0.25) is 0 Å². The molecule has 1 unspecified atom stereocenters. The Morgan fingerprint density at radius 3 is 2.76 bits per heavy atom.